The summed E-state index contributed by atoms with van der Waals surface area (Å²) in [4.78, 5) is 27.4. The van der Waals surface area contributed by atoms with Crippen LogP contribution in [-0.2, 0) is 16.1 Å². The van der Waals surface area contributed by atoms with E-state index >= 15 is 0 Å². The van der Waals surface area contributed by atoms with Crippen molar-refractivity contribution in [2.24, 2.45) is 0 Å². The van der Waals surface area contributed by atoms with E-state index in [9.17, 15) is 20.0 Å². The van der Waals surface area contributed by atoms with Crippen molar-refractivity contribution in [1.29, 1.82) is 5.26 Å². The number of nitrogens with one attached hydrogen (secondary N) is 1. The Morgan fingerprint density at radius 1 is 1.27 bits per heavy atom. The fourth-order valence-electron chi connectivity index (χ4n) is 4.34. The molecule has 2 aromatic carbocycles. The van der Waals surface area contributed by atoms with E-state index in [0.29, 0.717) is 36.3 Å². The van der Waals surface area contributed by atoms with Crippen LogP contribution in [0.4, 0.5) is 4.79 Å². The molecule has 33 heavy (non-hydrogen) atoms. The Labute approximate surface area is 192 Å². The summed E-state index contributed by atoms with van der Waals surface area (Å²) in [6, 6.07) is 14.8. The second kappa shape index (κ2) is 9.12. The lowest BCUT2D eigenvalue weighted by Crippen LogP contribution is -2.56. The van der Waals surface area contributed by atoms with Gasteiger partial charge >= 0.3 is 6.09 Å². The van der Waals surface area contributed by atoms with Gasteiger partial charge in [-0.05, 0) is 50.5 Å². The van der Waals surface area contributed by atoms with E-state index in [0.717, 1.165) is 5.56 Å². The first-order valence-corrected chi connectivity index (χ1v) is 11.0. The Bertz CT molecular complexity index is 1080. The number of carbonyl (C=O) groups excluding carboxylic acids is 2. The summed E-state index contributed by atoms with van der Waals surface area (Å²) in [6.45, 7) is 4.02. The number of likely N-dealkylation sites (tertiary alicyclic amines) is 1. The summed E-state index contributed by atoms with van der Waals surface area (Å²) in [5, 5.41) is 23.1. The van der Waals surface area contributed by atoms with Crippen molar-refractivity contribution in [3.63, 3.8) is 0 Å². The fourth-order valence-corrected chi connectivity index (χ4v) is 4.34. The molecule has 1 saturated heterocycles. The molecule has 2 aliphatic heterocycles. The molecule has 0 radical (unpaired) electrons. The average Bonchev–Trinajstić information content (AvgIpc) is 3.31. The molecule has 8 heteroatoms. The predicted octanol–water partition coefficient (Wildman–Crippen LogP) is 3.05. The molecule has 0 unspecified atom stereocenters. The number of benzene rings is 2. The molecule has 2 heterocycles. The topological polar surface area (TPSA) is 112 Å². The van der Waals surface area contributed by atoms with E-state index in [2.05, 4.69) is 11.4 Å². The maximum atomic E-state index is 13.2. The highest BCUT2D eigenvalue weighted by Gasteiger charge is 2.45. The number of aliphatic hydroxyl groups is 1. The second-order valence-corrected chi connectivity index (χ2v) is 8.89. The van der Waals surface area contributed by atoms with E-state index in [1.807, 2.05) is 30.3 Å². The lowest BCUT2D eigenvalue weighted by atomic mass is 9.85. The Morgan fingerprint density at radius 2 is 2.03 bits per heavy atom. The summed E-state index contributed by atoms with van der Waals surface area (Å²) in [5.41, 5.74) is 0.840. The second-order valence-electron chi connectivity index (χ2n) is 8.89. The quantitative estimate of drug-likeness (QED) is 0.742. The van der Waals surface area contributed by atoms with Gasteiger partial charge in [-0.3, -0.25) is 9.69 Å². The van der Waals surface area contributed by atoms with Gasteiger partial charge in [-0.15, -0.1) is 0 Å². The molecule has 0 bridgehead atoms. The third kappa shape index (κ3) is 4.64. The first-order chi connectivity index (χ1) is 15.8. The summed E-state index contributed by atoms with van der Waals surface area (Å²) in [7, 11) is 0. The zero-order valence-electron chi connectivity index (χ0n) is 18.7. The number of rotatable bonds is 4. The minimum Gasteiger partial charge on any atom is -0.485 e. The number of aliphatic hydroxyl groups excluding tert-OH is 1. The SMILES string of the molecule is CC1(C)Oc2ccc(C#N)cc2[C@H](NC(=O)[C@@H]2CCCN2C(=O)OCc2ccccc2)[C@H]1O. The van der Waals surface area contributed by atoms with E-state index < -0.39 is 29.9 Å². The molecule has 2 N–H and O–H groups in total. The molecule has 0 aromatic heterocycles. The normalized spacial score (nSPS) is 23.1. The molecule has 0 saturated carbocycles. The van der Waals surface area contributed by atoms with Crippen molar-refractivity contribution in [2.75, 3.05) is 6.54 Å². The largest absolute Gasteiger partial charge is 0.485 e. The minimum atomic E-state index is -1.05. The maximum Gasteiger partial charge on any atom is 0.410 e. The monoisotopic (exact) mass is 449 g/mol. The van der Waals surface area contributed by atoms with E-state index in [1.54, 1.807) is 32.0 Å². The van der Waals surface area contributed by atoms with Gasteiger partial charge < -0.3 is 19.9 Å². The molecule has 0 aliphatic carbocycles. The third-order valence-electron chi connectivity index (χ3n) is 6.17. The van der Waals surface area contributed by atoms with Gasteiger partial charge in [0.05, 0.1) is 17.7 Å². The smallest absolute Gasteiger partial charge is 0.410 e. The Balaban J connectivity index is 1.49. The van der Waals surface area contributed by atoms with Gasteiger partial charge in [0, 0.05) is 12.1 Å². The molecule has 8 nitrogen and oxygen atoms in total. The van der Waals surface area contributed by atoms with Crippen molar-refractivity contribution in [2.45, 2.75) is 57.1 Å². The number of ether oxygens (including phenoxy) is 2. The molecule has 3 atom stereocenters. The van der Waals surface area contributed by atoms with Crippen LogP contribution in [-0.4, -0.2) is 46.3 Å². The van der Waals surface area contributed by atoms with Crippen LogP contribution in [0.5, 0.6) is 5.75 Å². The van der Waals surface area contributed by atoms with E-state index in [1.165, 1.54) is 4.90 Å². The Hall–Kier alpha value is -3.57. The van der Waals surface area contributed by atoms with Crippen LogP contribution >= 0.6 is 0 Å². The Morgan fingerprint density at radius 3 is 2.76 bits per heavy atom. The zero-order valence-corrected chi connectivity index (χ0v) is 18.7. The maximum absolute atomic E-state index is 13.2. The summed E-state index contributed by atoms with van der Waals surface area (Å²) in [5.74, 6) is 0.124. The van der Waals surface area contributed by atoms with Crippen LogP contribution < -0.4 is 10.1 Å². The highest BCUT2D eigenvalue weighted by Crippen LogP contribution is 2.40. The van der Waals surface area contributed by atoms with Gasteiger partial charge in [0.1, 0.15) is 30.1 Å². The van der Waals surface area contributed by atoms with Crippen molar-refractivity contribution >= 4 is 12.0 Å². The third-order valence-corrected chi connectivity index (χ3v) is 6.17. The number of amides is 2. The standard InChI is InChI=1S/C25H27N3O5/c1-25(2)22(29)21(18-13-17(14-26)10-11-20(18)33-25)27-23(30)19-9-6-12-28(19)24(31)32-15-16-7-4-3-5-8-16/h3-5,7-8,10-11,13,19,21-22,29H,6,9,12,15H2,1-2H3,(H,27,30)/t19-,21-,22+/m0/s1. The summed E-state index contributed by atoms with van der Waals surface area (Å²) < 4.78 is 11.3. The number of fused-ring (bicyclic) bond motifs is 1. The van der Waals surface area contributed by atoms with E-state index in [4.69, 9.17) is 9.47 Å². The van der Waals surface area contributed by atoms with Crippen LogP contribution in [0, 0.1) is 11.3 Å². The van der Waals surface area contributed by atoms with Crippen molar-refractivity contribution in [3.05, 3.63) is 65.2 Å². The highest BCUT2D eigenvalue weighted by atomic mass is 16.6. The minimum absolute atomic E-state index is 0.127. The predicted molar refractivity (Wildman–Crippen MR) is 119 cm³/mol. The molecule has 2 amide bonds. The number of hydrogen-bond acceptors (Lipinski definition) is 6. The number of hydrogen-bond donors (Lipinski definition) is 2. The van der Waals surface area contributed by atoms with Crippen LogP contribution in [0.1, 0.15) is 49.4 Å². The van der Waals surface area contributed by atoms with Crippen molar-refractivity contribution in [1.82, 2.24) is 10.2 Å². The molecule has 1 fully saturated rings. The van der Waals surface area contributed by atoms with Crippen LogP contribution in [0.15, 0.2) is 48.5 Å². The average molecular weight is 450 g/mol. The number of nitriles is 1. The molecule has 2 aromatic rings. The zero-order chi connectivity index (χ0) is 23.6. The van der Waals surface area contributed by atoms with Crippen LogP contribution in [0.3, 0.4) is 0 Å². The van der Waals surface area contributed by atoms with Gasteiger partial charge in [0.25, 0.3) is 0 Å². The first kappa shape index (κ1) is 22.6. The first-order valence-electron chi connectivity index (χ1n) is 11.0. The molecule has 0 spiro atoms. The van der Waals surface area contributed by atoms with Gasteiger partial charge in [-0.1, -0.05) is 30.3 Å². The van der Waals surface area contributed by atoms with Gasteiger partial charge in [-0.2, -0.15) is 5.26 Å². The summed E-state index contributed by atoms with van der Waals surface area (Å²) >= 11 is 0. The Kier molecular flexibility index (Phi) is 6.25. The van der Waals surface area contributed by atoms with Crippen LogP contribution in [0.2, 0.25) is 0 Å². The molecular weight excluding hydrogens is 422 g/mol. The molecular formula is C25H27N3O5. The molecule has 2 aliphatic rings. The van der Waals surface area contributed by atoms with Gasteiger partial charge in [0.2, 0.25) is 5.91 Å². The lowest BCUT2D eigenvalue weighted by Gasteiger charge is -2.42. The number of nitrogens with zero attached hydrogens (tertiary/aromatic N) is 2. The highest BCUT2D eigenvalue weighted by molar-refractivity contribution is 5.86. The molecule has 4 rings (SSSR count). The fraction of sp³-hybridized carbons (Fsp3) is 0.400. The summed E-state index contributed by atoms with van der Waals surface area (Å²) in [6.07, 6.45) is -0.422. The van der Waals surface area contributed by atoms with Gasteiger partial charge in [-0.25, -0.2) is 4.79 Å². The van der Waals surface area contributed by atoms with Crippen molar-refractivity contribution < 1.29 is 24.2 Å². The van der Waals surface area contributed by atoms with E-state index in [-0.39, 0.29) is 12.5 Å². The van der Waals surface area contributed by atoms with Crippen molar-refractivity contribution in [3.8, 4) is 11.8 Å². The van der Waals surface area contributed by atoms with Crippen LogP contribution in [0.25, 0.3) is 0 Å². The number of carbonyl (C=O) groups is 2. The van der Waals surface area contributed by atoms with Gasteiger partial charge in [0.15, 0.2) is 0 Å². The lowest BCUT2D eigenvalue weighted by molar-refractivity contribution is -0.129. The molecule has 172 valence electrons.